The molecule has 6 rings (SSSR count). The van der Waals surface area contributed by atoms with Gasteiger partial charge in [0.25, 0.3) is 0 Å². The second-order valence-corrected chi connectivity index (χ2v) is 47.3. The normalized spacial score (nSPS) is 12.6. The average molecular weight is 743 g/mol. The molecule has 6 aromatic carbocycles. The Morgan fingerprint density at radius 3 is 0.551 bits per heavy atom. The van der Waals surface area contributed by atoms with Gasteiger partial charge < -0.3 is 0 Å². The summed E-state index contributed by atoms with van der Waals surface area (Å²) < 4.78 is 0. The molecule has 0 aliphatic rings. The molecule has 0 atom stereocenters. The zero-order valence-corrected chi connectivity index (χ0v) is 35.4. The van der Waals surface area contributed by atoms with Crippen LogP contribution >= 0.6 is 22.4 Å². The van der Waals surface area contributed by atoms with Gasteiger partial charge in [-0.25, -0.2) is 0 Å². The Labute approximate surface area is 301 Å². The minimum absolute atomic E-state index is 0.558. The van der Waals surface area contributed by atoms with Crippen molar-refractivity contribution in [1.29, 1.82) is 0 Å². The van der Waals surface area contributed by atoms with Crippen LogP contribution in [0.15, 0.2) is 182 Å². The second kappa shape index (κ2) is 15.7. The summed E-state index contributed by atoms with van der Waals surface area (Å²) in [6.45, 7) is 16.9. The molecule has 0 aromatic heterocycles. The smallest absolute Gasteiger partial charge is 0.0651 e. The van der Waals surface area contributed by atoms with E-state index in [2.05, 4.69) is 221 Å². The third-order valence-corrected chi connectivity index (χ3v) is 57.2. The highest BCUT2D eigenvalue weighted by molar-refractivity contribution is 8.14. The molecular weight excluding hydrogens is 694 g/mol. The summed E-state index contributed by atoms with van der Waals surface area (Å²) in [6.07, 6.45) is 0. The molecule has 49 heavy (non-hydrogen) atoms. The molecule has 0 unspecified atom stereocenters. The van der Waals surface area contributed by atoms with Crippen molar-refractivity contribution in [2.75, 3.05) is 0 Å². The molecule has 6 heteroatoms. The van der Waals surface area contributed by atoms with E-state index in [0.29, 0.717) is 4.79 Å². The first-order chi connectivity index (χ1) is 23.6. The molecule has 6 aromatic rings. The largest absolute Gasteiger partial charge is 0.0844 e. The van der Waals surface area contributed by atoms with Crippen molar-refractivity contribution in [3.8, 4) is 0 Å². The maximum Gasteiger partial charge on any atom is 0.0844 e. The molecule has 0 radical (unpaired) electrons. The maximum absolute atomic E-state index is 2.82. The highest BCUT2D eigenvalue weighted by Crippen LogP contribution is 2.67. The number of hydrogen-bond donors (Lipinski definition) is 0. The van der Waals surface area contributed by atoms with Crippen molar-refractivity contribution >= 4 is 77.5 Å². The van der Waals surface area contributed by atoms with E-state index in [9.17, 15) is 0 Å². The van der Waals surface area contributed by atoms with E-state index >= 15 is 0 Å². The van der Waals surface area contributed by atoms with Gasteiger partial charge in [-0.2, -0.15) is 0 Å². The van der Waals surface area contributed by atoms with E-state index in [1.54, 1.807) is 31.8 Å². The van der Waals surface area contributed by atoms with Gasteiger partial charge in [0.15, 0.2) is 0 Å². The van der Waals surface area contributed by atoms with Crippen LogP contribution in [-0.2, 0) is 0 Å². The van der Waals surface area contributed by atoms with Gasteiger partial charge in [-0.1, -0.05) is 244 Å². The first kappa shape index (κ1) is 36.1. The fourth-order valence-electron chi connectivity index (χ4n) is 8.89. The van der Waals surface area contributed by atoms with E-state index in [-0.39, 0.29) is 0 Å². The van der Waals surface area contributed by atoms with Gasteiger partial charge in [0.05, 0.1) is 23.2 Å². The van der Waals surface area contributed by atoms with Crippen LogP contribution in [0.25, 0.3) is 0 Å². The predicted octanol–water partition coefficient (Wildman–Crippen LogP) is 10.4. The second-order valence-electron chi connectivity index (χ2n) is 14.4. The standard InChI is InChI=1S/C43H49P3Si3/c1-47(2,44(37-25-13-7-14-26-37)38-27-15-8-16-28-38)43(48(3,4)45(39-29-17-9-18-30-39)40-31-19-10-20-32-40)49(5,6)46(41-33-21-11-22-34-41)42-35-23-12-24-36-42/h7-36,43H,1-6H3. The van der Waals surface area contributed by atoms with E-state index in [1.807, 2.05) is 0 Å². The number of benzene rings is 6. The fraction of sp³-hybridized carbons (Fsp3) is 0.163. The first-order valence-electron chi connectivity index (χ1n) is 17.3. The predicted molar refractivity (Wildman–Crippen MR) is 233 cm³/mol. The Bertz CT molecular complexity index is 1540. The third kappa shape index (κ3) is 7.64. The summed E-state index contributed by atoms with van der Waals surface area (Å²) in [6, 6.07) is 69.9. The first-order valence-corrected chi connectivity index (χ1v) is 33.1. The maximum atomic E-state index is 2.82. The van der Waals surface area contributed by atoms with Crippen LogP contribution in [0.2, 0.25) is 44.1 Å². The minimum atomic E-state index is -2.15. The Kier molecular flexibility index (Phi) is 11.5. The molecule has 248 valence electrons. The molecular formula is C43H49P3Si3. The van der Waals surface area contributed by atoms with Crippen LogP contribution in [0.3, 0.4) is 0 Å². The molecule has 0 saturated carbocycles. The van der Waals surface area contributed by atoms with Crippen LogP contribution in [0.5, 0.6) is 0 Å². The van der Waals surface area contributed by atoms with Gasteiger partial charge in [0, 0.05) is 0 Å². The van der Waals surface area contributed by atoms with E-state index < -0.39 is 45.6 Å². The highest BCUT2D eigenvalue weighted by atomic mass is 31.4. The molecule has 0 N–H and O–H groups in total. The molecule has 0 saturated heterocycles. The summed E-state index contributed by atoms with van der Waals surface area (Å²) in [5, 5.41) is 9.29. The van der Waals surface area contributed by atoms with E-state index in [4.69, 9.17) is 0 Å². The van der Waals surface area contributed by atoms with Gasteiger partial charge in [-0.05, 0) is 36.6 Å². The van der Waals surface area contributed by atoms with Gasteiger partial charge in [0.1, 0.15) is 0 Å². The summed E-state index contributed by atoms with van der Waals surface area (Å²) >= 11 is 0. The molecule has 0 amide bonds. The Hall–Kier alpha value is -2.74. The lowest BCUT2D eigenvalue weighted by Gasteiger charge is -2.57. The number of rotatable bonds is 12. The third-order valence-electron chi connectivity index (χ3n) is 9.93. The van der Waals surface area contributed by atoms with E-state index in [1.165, 1.54) is 0 Å². The Balaban J connectivity index is 1.67. The summed E-state index contributed by atoms with van der Waals surface area (Å²) in [5.41, 5.74) is 0. The molecule has 0 heterocycles. The van der Waals surface area contributed by atoms with Crippen LogP contribution in [-0.4, -0.2) is 23.2 Å². The summed E-state index contributed by atoms with van der Waals surface area (Å²) in [7, 11) is -8.13. The van der Waals surface area contributed by atoms with Crippen molar-refractivity contribution in [3.05, 3.63) is 182 Å². The SMILES string of the molecule is C[Si](C)(C([Si](C)(C)P(c1ccccc1)c1ccccc1)[Si](C)(C)P(c1ccccc1)c1ccccc1)P(c1ccccc1)c1ccccc1. The van der Waals surface area contributed by atoms with Crippen LogP contribution in [0, 0.1) is 0 Å². The Morgan fingerprint density at radius 2 is 0.408 bits per heavy atom. The summed E-state index contributed by atoms with van der Waals surface area (Å²) in [5.74, 6) is 0. The Morgan fingerprint density at radius 1 is 0.265 bits per heavy atom. The molecule has 0 aliphatic carbocycles. The van der Waals surface area contributed by atoms with Gasteiger partial charge >= 0.3 is 0 Å². The van der Waals surface area contributed by atoms with Crippen LogP contribution < -0.4 is 31.8 Å². The lowest BCUT2D eigenvalue weighted by molar-refractivity contribution is 1.46. The quantitative estimate of drug-likeness (QED) is 0.0865. The van der Waals surface area contributed by atoms with Gasteiger partial charge in [-0.3, -0.25) is 0 Å². The lowest BCUT2D eigenvalue weighted by Crippen LogP contribution is -2.61. The topological polar surface area (TPSA) is 0 Å². The van der Waals surface area contributed by atoms with Crippen molar-refractivity contribution in [2.45, 2.75) is 44.1 Å². The number of hydrogen-bond acceptors (Lipinski definition) is 0. The molecule has 0 bridgehead atoms. The zero-order chi connectivity index (χ0) is 34.5. The van der Waals surface area contributed by atoms with E-state index in [0.717, 1.165) is 0 Å². The lowest BCUT2D eigenvalue weighted by atomic mass is 10.4. The van der Waals surface area contributed by atoms with Crippen molar-refractivity contribution in [1.82, 2.24) is 0 Å². The van der Waals surface area contributed by atoms with Crippen molar-refractivity contribution < 1.29 is 0 Å². The van der Waals surface area contributed by atoms with Crippen molar-refractivity contribution in [2.24, 2.45) is 0 Å². The fourth-order valence-corrected chi connectivity index (χ4v) is 82.3. The minimum Gasteiger partial charge on any atom is -0.0651 e. The summed E-state index contributed by atoms with van der Waals surface area (Å²) in [4.78, 5) is 0.706. The zero-order valence-electron chi connectivity index (χ0n) is 29.7. The molecule has 0 fully saturated rings. The van der Waals surface area contributed by atoms with Crippen molar-refractivity contribution in [3.63, 3.8) is 0 Å². The molecule has 0 spiro atoms. The van der Waals surface area contributed by atoms with Crippen LogP contribution in [0.4, 0.5) is 0 Å². The molecule has 0 aliphatic heterocycles. The van der Waals surface area contributed by atoms with Gasteiger partial charge in [0.2, 0.25) is 0 Å². The van der Waals surface area contributed by atoms with Gasteiger partial charge in [-0.15, -0.1) is 0 Å². The highest BCUT2D eigenvalue weighted by Gasteiger charge is 2.60. The van der Waals surface area contributed by atoms with Crippen LogP contribution in [0.1, 0.15) is 0 Å². The average Bonchev–Trinajstić information content (AvgIpc) is 3.10. The monoisotopic (exact) mass is 742 g/mol. The molecule has 0 nitrogen and oxygen atoms in total.